The molecule has 0 fully saturated rings. The van der Waals surface area contributed by atoms with Gasteiger partial charge in [0.15, 0.2) is 0 Å². The first kappa shape index (κ1) is 17.4. The molecule has 1 N–H and O–H groups in total. The summed E-state index contributed by atoms with van der Waals surface area (Å²) in [4.78, 5) is 21.0. The van der Waals surface area contributed by atoms with Gasteiger partial charge in [0.2, 0.25) is 0 Å². The lowest BCUT2D eigenvalue weighted by molar-refractivity contribution is 0.415. The molecule has 0 saturated heterocycles. The zero-order valence-electron chi connectivity index (χ0n) is 14.5. The standard InChI is InChI=1S/C20H14F2N2O2S/c1-10-15(11-5-3-6-12(9-11)26-2)17-19(25)23-18(24-20(17)27-10)16-13(21)7-4-8-14(16)22/h3-9H,1-2H3,(H,23,24,25). The third kappa shape index (κ3) is 2.90. The highest BCUT2D eigenvalue weighted by Crippen LogP contribution is 2.37. The van der Waals surface area contributed by atoms with Gasteiger partial charge < -0.3 is 9.72 Å². The number of benzene rings is 2. The number of aryl methyl sites for hydroxylation is 1. The molecule has 0 aliphatic heterocycles. The molecule has 0 bridgehead atoms. The predicted molar refractivity (Wildman–Crippen MR) is 102 cm³/mol. The van der Waals surface area contributed by atoms with Crippen LogP contribution in [0.2, 0.25) is 0 Å². The van der Waals surface area contributed by atoms with Gasteiger partial charge in [-0.1, -0.05) is 18.2 Å². The van der Waals surface area contributed by atoms with E-state index in [9.17, 15) is 13.6 Å². The highest BCUT2D eigenvalue weighted by molar-refractivity contribution is 7.19. The third-order valence-corrected chi connectivity index (χ3v) is 5.30. The lowest BCUT2D eigenvalue weighted by atomic mass is 10.0. The summed E-state index contributed by atoms with van der Waals surface area (Å²) in [5, 5.41) is 0.395. The number of halogens is 2. The van der Waals surface area contributed by atoms with Gasteiger partial charge in [-0.05, 0) is 36.8 Å². The Morgan fingerprint density at radius 2 is 1.78 bits per heavy atom. The molecule has 2 heterocycles. The first-order chi connectivity index (χ1) is 13.0. The van der Waals surface area contributed by atoms with Crippen LogP contribution >= 0.6 is 11.3 Å². The number of ether oxygens (including phenoxy) is 1. The Morgan fingerprint density at radius 1 is 1.07 bits per heavy atom. The molecule has 0 amide bonds. The van der Waals surface area contributed by atoms with E-state index < -0.39 is 17.2 Å². The molecule has 2 aromatic heterocycles. The Morgan fingerprint density at radius 3 is 2.48 bits per heavy atom. The summed E-state index contributed by atoms with van der Waals surface area (Å²) in [6, 6.07) is 10.9. The molecular weight excluding hydrogens is 370 g/mol. The van der Waals surface area contributed by atoms with Crippen molar-refractivity contribution in [3.05, 3.63) is 69.3 Å². The van der Waals surface area contributed by atoms with Crippen molar-refractivity contribution in [2.24, 2.45) is 0 Å². The Bertz CT molecular complexity index is 1210. The molecule has 4 aromatic rings. The number of thiophene rings is 1. The number of fused-ring (bicyclic) bond motifs is 1. The van der Waals surface area contributed by atoms with Crippen molar-refractivity contribution < 1.29 is 13.5 Å². The molecule has 0 radical (unpaired) electrons. The molecule has 7 heteroatoms. The molecule has 2 aromatic carbocycles. The molecule has 0 unspecified atom stereocenters. The normalized spacial score (nSPS) is 11.1. The van der Waals surface area contributed by atoms with Gasteiger partial charge in [-0.25, -0.2) is 13.8 Å². The molecule has 0 saturated carbocycles. The molecule has 4 nitrogen and oxygen atoms in total. The molecular formula is C20H14F2N2O2S. The van der Waals surface area contributed by atoms with Gasteiger partial charge in [0.1, 0.15) is 28.0 Å². The van der Waals surface area contributed by atoms with Gasteiger partial charge in [-0.15, -0.1) is 11.3 Å². The van der Waals surface area contributed by atoms with Crippen molar-refractivity contribution in [1.29, 1.82) is 0 Å². The molecule has 0 spiro atoms. The third-order valence-electron chi connectivity index (χ3n) is 4.30. The van der Waals surface area contributed by atoms with Crippen LogP contribution in [0.1, 0.15) is 4.88 Å². The molecule has 0 atom stereocenters. The summed E-state index contributed by atoms with van der Waals surface area (Å²) < 4.78 is 33.4. The predicted octanol–water partition coefficient (Wildman–Crippen LogP) is 4.91. The molecule has 0 aliphatic carbocycles. The lowest BCUT2D eigenvalue weighted by Crippen LogP contribution is -2.10. The Labute approximate surface area is 157 Å². The largest absolute Gasteiger partial charge is 0.497 e. The van der Waals surface area contributed by atoms with Crippen LogP contribution in [0.4, 0.5) is 8.78 Å². The van der Waals surface area contributed by atoms with Crippen LogP contribution in [0.3, 0.4) is 0 Å². The summed E-state index contributed by atoms with van der Waals surface area (Å²) in [6.07, 6.45) is 0. The van der Waals surface area contributed by atoms with Gasteiger partial charge in [-0.3, -0.25) is 4.79 Å². The van der Waals surface area contributed by atoms with E-state index in [0.29, 0.717) is 16.0 Å². The van der Waals surface area contributed by atoms with E-state index in [-0.39, 0.29) is 11.4 Å². The van der Waals surface area contributed by atoms with Gasteiger partial charge in [0.05, 0.1) is 18.1 Å². The average molecular weight is 384 g/mol. The van der Waals surface area contributed by atoms with Crippen molar-refractivity contribution in [2.45, 2.75) is 6.92 Å². The fourth-order valence-electron chi connectivity index (χ4n) is 3.09. The summed E-state index contributed by atoms with van der Waals surface area (Å²) in [7, 11) is 1.57. The maximum Gasteiger partial charge on any atom is 0.260 e. The van der Waals surface area contributed by atoms with E-state index >= 15 is 0 Å². The fourth-order valence-corrected chi connectivity index (χ4v) is 4.13. The number of H-pyrrole nitrogens is 1. The average Bonchev–Trinajstić information content (AvgIpc) is 2.98. The maximum atomic E-state index is 14.1. The number of nitrogens with one attached hydrogen (secondary N) is 1. The summed E-state index contributed by atoms with van der Waals surface area (Å²) in [5.74, 6) is -1.01. The molecule has 0 aliphatic rings. The Balaban J connectivity index is 1.98. The van der Waals surface area contributed by atoms with Gasteiger partial charge in [0.25, 0.3) is 5.56 Å². The lowest BCUT2D eigenvalue weighted by Gasteiger charge is -2.06. The number of aromatic amines is 1. The van der Waals surface area contributed by atoms with E-state index in [0.717, 1.165) is 28.1 Å². The quantitative estimate of drug-likeness (QED) is 0.546. The number of nitrogens with zero attached hydrogens (tertiary/aromatic N) is 1. The smallest absolute Gasteiger partial charge is 0.260 e. The van der Waals surface area contributed by atoms with Crippen LogP contribution in [0.5, 0.6) is 5.75 Å². The van der Waals surface area contributed by atoms with Crippen LogP contribution in [-0.2, 0) is 0 Å². The van der Waals surface area contributed by atoms with Crippen molar-refractivity contribution in [3.8, 4) is 28.3 Å². The van der Waals surface area contributed by atoms with Crippen molar-refractivity contribution in [1.82, 2.24) is 9.97 Å². The van der Waals surface area contributed by atoms with Gasteiger partial charge in [0, 0.05) is 10.4 Å². The molecule has 4 rings (SSSR count). The summed E-state index contributed by atoms with van der Waals surface area (Å²) in [5.41, 5.74) is 0.767. The van der Waals surface area contributed by atoms with Crippen molar-refractivity contribution in [2.75, 3.05) is 7.11 Å². The minimum Gasteiger partial charge on any atom is -0.497 e. The maximum absolute atomic E-state index is 14.1. The summed E-state index contributed by atoms with van der Waals surface area (Å²) in [6.45, 7) is 1.88. The van der Waals surface area contributed by atoms with Crippen LogP contribution in [0, 0.1) is 18.6 Å². The van der Waals surface area contributed by atoms with E-state index in [2.05, 4.69) is 9.97 Å². The number of rotatable bonds is 3. The zero-order chi connectivity index (χ0) is 19.1. The topological polar surface area (TPSA) is 55.0 Å². The van der Waals surface area contributed by atoms with E-state index in [1.807, 2.05) is 31.2 Å². The summed E-state index contributed by atoms with van der Waals surface area (Å²) >= 11 is 1.30. The zero-order valence-corrected chi connectivity index (χ0v) is 15.3. The SMILES string of the molecule is COc1cccc(-c2c(C)sc3nc(-c4c(F)cccc4F)[nH]c(=O)c23)c1. The van der Waals surface area contributed by atoms with Crippen LogP contribution in [0.15, 0.2) is 47.3 Å². The van der Waals surface area contributed by atoms with Crippen LogP contribution < -0.4 is 10.3 Å². The molecule has 27 heavy (non-hydrogen) atoms. The molecule has 136 valence electrons. The second-order valence-electron chi connectivity index (χ2n) is 5.96. The second-order valence-corrected chi connectivity index (χ2v) is 7.16. The Kier molecular flexibility index (Phi) is 4.24. The minimum atomic E-state index is -0.779. The highest BCUT2D eigenvalue weighted by Gasteiger charge is 2.20. The number of methoxy groups -OCH3 is 1. The first-order valence-corrected chi connectivity index (χ1v) is 8.93. The van der Waals surface area contributed by atoms with Crippen molar-refractivity contribution in [3.63, 3.8) is 0 Å². The van der Waals surface area contributed by atoms with Gasteiger partial charge >= 0.3 is 0 Å². The fraction of sp³-hybridized carbons (Fsp3) is 0.100. The van der Waals surface area contributed by atoms with Crippen LogP contribution in [-0.4, -0.2) is 17.1 Å². The minimum absolute atomic E-state index is 0.124. The second kappa shape index (κ2) is 6.59. The van der Waals surface area contributed by atoms with E-state index in [1.165, 1.54) is 17.4 Å². The number of hydrogen-bond acceptors (Lipinski definition) is 4. The van der Waals surface area contributed by atoms with Gasteiger partial charge in [-0.2, -0.15) is 0 Å². The highest BCUT2D eigenvalue weighted by atomic mass is 32.1. The number of aromatic nitrogens is 2. The number of hydrogen-bond donors (Lipinski definition) is 1. The van der Waals surface area contributed by atoms with Crippen LogP contribution in [0.25, 0.3) is 32.7 Å². The van der Waals surface area contributed by atoms with Crippen molar-refractivity contribution >= 4 is 21.6 Å². The van der Waals surface area contributed by atoms with E-state index in [1.54, 1.807) is 7.11 Å². The van der Waals surface area contributed by atoms with E-state index in [4.69, 9.17) is 4.74 Å². The first-order valence-electron chi connectivity index (χ1n) is 8.12. The monoisotopic (exact) mass is 384 g/mol. The Hall–Kier alpha value is -3.06.